The molecule has 0 aliphatic carbocycles. The van der Waals surface area contributed by atoms with E-state index in [0.29, 0.717) is 0 Å². The Morgan fingerprint density at radius 3 is 2.46 bits per heavy atom. The average Bonchev–Trinajstić information content (AvgIpc) is 2.00. The highest BCUT2D eigenvalue weighted by Gasteiger charge is 2.19. The van der Waals surface area contributed by atoms with Gasteiger partial charge < -0.3 is 0 Å². The molecule has 1 atom stereocenters. The molecule has 0 bridgehead atoms. The monoisotopic (exact) mass is 252 g/mol. The Morgan fingerprint density at radius 1 is 1.38 bits per heavy atom. The van der Waals surface area contributed by atoms with Gasteiger partial charge in [-0.15, -0.1) is 0 Å². The molecule has 0 spiro atoms. The van der Waals surface area contributed by atoms with Crippen molar-refractivity contribution in [2.24, 2.45) is 5.92 Å². The molecule has 0 aromatic heterocycles. The fraction of sp³-hybridized carbons (Fsp3) is 0.800. The Hall–Kier alpha value is -0.100. The first-order valence-corrected chi connectivity index (χ1v) is 5.34. The second-order valence-electron chi connectivity index (χ2n) is 3.16. The van der Waals surface area contributed by atoms with Gasteiger partial charge in [-0.2, -0.15) is 8.78 Å². The van der Waals surface area contributed by atoms with Crippen molar-refractivity contribution < 1.29 is 8.78 Å². The summed E-state index contributed by atoms with van der Waals surface area (Å²) in [6.07, 6.45) is 4.27. The molecule has 0 aromatic carbocycles. The Bertz CT molecular complexity index is 185. The second-order valence-corrected chi connectivity index (χ2v) is 4.16. The SMILES string of the molecule is CCCCC[C@@H](C)C#CC(F)(F)Br. The molecule has 0 fully saturated rings. The highest BCUT2D eigenvalue weighted by Crippen LogP contribution is 2.20. The summed E-state index contributed by atoms with van der Waals surface area (Å²) in [6, 6.07) is 0. The molecular formula is C10H15BrF2. The number of unbranched alkanes of at least 4 members (excludes halogenated alkanes) is 2. The van der Waals surface area contributed by atoms with Crippen molar-refractivity contribution in [3.8, 4) is 11.8 Å². The maximum absolute atomic E-state index is 12.2. The van der Waals surface area contributed by atoms with Crippen LogP contribution in [-0.2, 0) is 0 Å². The predicted molar refractivity (Wildman–Crippen MR) is 55.0 cm³/mol. The van der Waals surface area contributed by atoms with E-state index >= 15 is 0 Å². The van der Waals surface area contributed by atoms with Crippen LogP contribution in [0.4, 0.5) is 8.78 Å². The summed E-state index contributed by atoms with van der Waals surface area (Å²) < 4.78 is 24.4. The van der Waals surface area contributed by atoms with Crippen LogP contribution in [-0.4, -0.2) is 4.83 Å². The first-order chi connectivity index (χ1) is 5.95. The standard InChI is InChI=1S/C10H15BrF2/c1-3-4-5-6-9(2)7-8-10(11,12)13/h9H,3-6H2,1-2H3/t9-/m1/s1. The fourth-order valence-electron chi connectivity index (χ4n) is 0.978. The molecule has 0 aliphatic rings. The van der Waals surface area contributed by atoms with Crippen LogP contribution in [0.15, 0.2) is 0 Å². The Balaban J connectivity index is 3.71. The summed E-state index contributed by atoms with van der Waals surface area (Å²) in [5, 5.41) is 0. The van der Waals surface area contributed by atoms with Crippen molar-refractivity contribution in [3.05, 3.63) is 0 Å². The van der Waals surface area contributed by atoms with E-state index in [-0.39, 0.29) is 5.92 Å². The van der Waals surface area contributed by atoms with Crippen LogP contribution in [0, 0.1) is 17.8 Å². The van der Waals surface area contributed by atoms with E-state index in [4.69, 9.17) is 0 Å². The normalized spacial score (nSPS) is 13.3. The van der Waals surface area contributed by atoms with Gasteiger partial charge >= 0.3 is 4.83 Å². The van der Waals surface area contributed by atoms with Crippen LogP contribution >= 0.6 is 15.9 Å². The molecule has 13 heavy (non-hydrogen) atoms. The molecule has 0 amide bonds. The molecule has 0 aliphatic heterocycles. The van der Waals surface area contributed by atoms with Crippen molar-refractivity contribution in [2.75, 3.05) is 0 Å². The first kappa shape index (κ1) is 12.9. The summed E-state index contributed by atoms with van der Waals surface area (Å²) in [6.45, 7) is 3.99. The minimum absolute atomic E-state index is 0.0648. The zero-order valence-electron chi connectivity index (χ0n) is 8.04. The second kappa shape index (κ2) is 6.37. The van der Waals surface area contributed by atoms with Crippen LogP contribution in [0.3, 0.4) is 0 Å². The molecule has 0 heterocycles. The lowest BCUT2D eigenvalue weighted by atomic mass is 10.0. The first-order valence-electron chi connectivity index (χ1n) is 4.55. The molecule has 76 valence electrons. The van der Waals surface area contributed by atoms with E-state index in [1.807, 2.05) is 12.8 Å². The quantitative estimate of drug-likeness (QED) is 0.400. The van der Waals surface area contributed by atoms with Gasteiger partial charge in [-0.05, 0) is 12.3 Å². The van der Waals surface area contributed by atoms with E-state index in [2.05, 4.69) is 28.8 Å². The van der Waals surface area contributed by atoms with E-state index < -0.39 is 4.83 Å². The lowest BCUT2D eigenvalue weighted by Gasteiger charge is -2.02. The van der Waals surface area contributed by atoms with E-state index in [1.165, 1.54) is 0 Å². The van der Waals surface area contributed by atoms with Gasteiger partial charge in [-0.25, -0.2) is 0 Å². The molecule has 3 heteroatoms. The summed E-state index contributed by atoms with van der Waals surface area (Å²) in [5.74, 6) is 4.48. The maximum atomic E-state index is 12.2. The van der Waals surface area contributed by atoms with Gasteiger partial charge in [0.1, 0.15) is 0 Å². The fourth-order valence-corrected chi connectivity index (χ4v) is 1.09. The zero-order valence-corrected chi connectivity index (χ0v) is 9.63. The zero-order chi connectivity index (χ0) is 10.3. The lowest BCUT2D eigenvalue weighted by molar-refractivity contribution is 0.182. The Labute approximate surface area is 87.2 Å². The summed E-state index contributed by atoms with van der Waals surface area (Å²) >= 11 is 2.18. The number of alkyl halides is 3. The van der Waals surface area contributed by atoms with Gasteiger partial charge in [0, 0.05) is 21.8 Å². The van der Waals surface area contributed by atoms with Crippen molar-refractivity contribution in [3.63, 3.8) is 0 Å². The minimum Gasteiger partial charge on any atom is -0.180 e. The molecule has 0 aromatic rings. The van der Waals surface area contributed by atoms with Crippen molar-refractivity contribution in [1.29, 1.82) is 0 Å². The van der Waals surface area contributed by atoms with Crippen molar-refractivity contribution in [2.45, 2.75) is 44.4 Å². The van der Waals surface area contributed by atoms with E-state index in [1.54, 1.807) is 0 Å². The molecule has 0 radical (unpaired) electrons. The topological polar surface area (TPSA) is 0 Å². The van der Waals surface area contributed by atoms with Gasteiger partial charge in [0.05, 0.1) is 0 Å². The van der Waals surface area contributed by atoms with Crippen molar-refractivity contribution in [1.82, 2.24) is 0 Å². The number of hydrogen-bond donors (Lipinski definition) is 0. The van der Waals surface area contributed by atoms with Gasteiger partial charge in [0.15, 0.2) is 0 Å². The summed E-state index contributed by atoms with van der Waals surface area (Å²) in [5.41, 5.74) is 0. The van der Waals surface area contributed by atoms with Crippen LogP contribution in [0.1, 0.15) is 39.5 Å². The highest BCUT2D eigenvalue weighted by molar-refractivity contribution is 9.10. The van der Waals surface area contributed by atoms with Crippen molar-refractivity contribution >= 4 is 15.9 Å². The largest absolute Gasteiger partial charge is 0.363 e. The Morgan fingerprint density at radius 2 is 2.00 bits per heavy atom. The molecule has 0 rings (SSSR count). The molecule has 0 unspecified atom stereocenters. The van der Waals surface area contributed by atoms with E-state index in [0.717, 1.165) is 25.7 Å². The van der Waals surface area contributed by atoms with Crippen LogP contribution < -0.4 is 0 Å². The molecular weight excluding hydrogens is 238 g/mol. The number of hydrogen-bond acceptors (Lipinski definition) is 0. The van der Waals surface area contributed by atoms with Crippen LogP contribution in [0.25, 0.3) is 0 Å². The third-order valence-corrected chi connectivity index (χ3v) is 1.90. The van der Waals surface area contributed by atoms with Gasteiger partial charge in [0.2, 0.25) is 0 Å². The van der Waals surface area contributed by atoms with Gasteiger partial charge in [0.25, 0.3) is 0 Å². The number of rotatable bonds is 4. The third kappa shape index (κ3) is 9.82. The Kier molecular flexibility index (Phi) is 6.32. The predicted octanol–water partition coefficient (Wildman–Crippen LogP) is 4.19. The summed E-state index contributed by atoms with van der Waals surface area (Å²) in [7, 11) is 0. The van der Waals surface area contributed by atoms with Crippen LogP contribution in [0.5, 0.6) is 0 Å². The average molecular weight is 253 g/mol. The van der Waals surface area contributed by atoms with Gasteiger partial charge in [-0.1, -0.05) is 39.0 Å². The minimum atomic E-state index is -3.02. The molecule has 0 saturated heterocycles. The highest BCUT2D eigenvalue weighted by atomic mass is 79.9. The summed E-state index contributed by atoms with van der Waals surface area (Å²) in [4.78, 5) is -3.02. The maximum Gasteiger partial charge on any atom is 0.363 e. The van der Waals surface area contributed by atoms with Crippen LogP contribution in [0.2, 0.25) is 0 Å². The molecule has 0 nitrogen and oxygen atoms in total. The smallest absolute Gasteiger partial charge is 0.180 e. The molecule has 0 saturated carbocycles. The van der Waals surface area contributed by atoms with E-state index in [9.17, 15) is 8.78 Å². The molecule has 0 N–H and O–H groups in total. The number of halogens is 3. The van der Waals surface area contributed by atoms with Gasteiger partial charge in [-0.3, -0.25) is 0 Å². The lowest BCUT2D eigenvalue weighted by Crippen LogP contribution is -2.00. The third-order valence-electron chi connectivity index (χ3n) is 1.70.